The molecule has 3 fully saturated rings. The lowest BCUT2D eigenvalue weighted by molar-refractivity contribution is -0.228. The first-order valence-corrected chi connectivity index (χ1v) is 25.5. The van der Waals surface area contributed by atoms with Crippen LogP contribution in [0.2, 0.25) is 0 Å². The maximum absolute atomic E-state index is 15.4. The van der Waals surface area contributed by atoms with E-state index in [0.29, 0.717) is 74.9 Å². The van der Waals surface area contributed by atoms with Crippen LogP contribution in [0.25, 0.3) is 22.4 Å². The molecule has 19 nitrogen and oxygen atoms in total. The van der Waals surface area contributed by atoms with Gasteiger partial charge in [0.2, 0.25) is 23.8 Å². The molecule has 2 bridgehead atoms. The number of ether oxygens (including phenoxy) is 3. The molecule has 3 aliphatic rings. The molecule has 3 aromatic heterocycles. The Kier molecular flexibility index (Phi) is 19.7. The standard InChI is InChI=1S/C52H70F5N11O8/c1-28(2)39(67-48(72)50(3,4)18-21-74-22-23-75-51(5,6)17-19-58)46(70)65-37(8-7-20-60-49(59)73)45(69)64-33-15-13-31(14-16-33)41(52(55,56)57)76-47(71)38-29-9-11-30(12-10-29)40(38)66-44-36(54)27-63-43(68-44)35-26-62-42-34(35)24-32(53)25-61-42/h13-16,24-30,37-41H,7-12,17-23,58H2,1-6H3,(H,61,62)(H,64,69)(H,65,70)(H,67,72)(H3,59,60,73)(H,63,66,68)/t29?,30?,37-,38-,39-,40-,41?/m0/s1. The summed E-state index contributed by atoms with van der Waals surface area (Å²) in [7, 11) is 0. The zero-order valence-electron chi connectivity index (χ0n) is 43.6. The first-order chi connectivity index (χ1) is 35.9. The Morgan fingerprint density at radius 3 is 2.24 bits per heavy atom. The molecule has 76 heavy (non-hydrogen) atoms. The number of carbonyl (C=O) groups excluding carboxylic acids is 5. The van der Waals surface area contributed by atoms with E-state index >= 15 is 4.39 Å². The molecule has 1 aromatic carbocycles. The number of carbonyl (C=O) groups is 5. The second-order valence-corrected chi connectivity index (χ2v) is 21.1. The van der Waals surface area contributed by atoms with Crippen molar-refractivity contribution in [3.63, 3.8) is 0 Å². The number of urea groups is 1. The number of halogens is 5. The average Bonchev–Trinajstić information content (AvgIpc) is 3.78. The van der Waals surface area contributed by atoms with Gasteiger partial charge in [0, 0.05) is 53.0 Å². The summed E-state index contributed by atoms with van der Waals surface area (Å²) in [5.41, 5.74) is 9.73. The minimum Gasteiger partial charge on any atom is -0.447 e. The topological polar surface area (TPSA) is 280 Å². The lowest BCUT2D eigenvalue weighted by atomic mass is 9.61. The number of H-pyrrole nitrogens is 1. The number of nitrogens with one attached hydrogen (secondary N) is 6. The predicted molar refractivity (Wildman–Crippen MR) is 272 cm³/mol. The Labute approximate surface area is 437 Å². The van der Waals surface area contributed by atoms with Gasteiger partial charge in [-0.25, -0.2) is 28.5 Å². The minimum atomic E-state index is -5.09. The van der Waals surface area contributed by atoms with Gasteiger partial charge in [0.25, 0.3) is 0 Å². The fourth-order valence-electron chi connectivity index (χ4n) is 9.66. The molecule has 0 aliphatic heterocycles. The summed E-state index contributed by atoms with van der Waals surface area (Å²) in [6, 6.07) is 1.68. The fraction of sp³-hybridized carbons (Fsp3) is 0.577. The van der Waals surface area contributed by atoms with Crippen molar-refractivity contribution in [1.29, 1.82) is 0 Å². The smallest absolute Gasteiger partial charge is 0.429 e. The summed E-state index contributed by atoms with van der Waals surface area (Å²) < 4.78 is 91.2. The van der Waals surface area contributed by atoms with Crippen LogP contribution in [-0.2, 0) is 33.4 Å². The summed E-state index contributed by atoms with van der Waals surface area (Å²) in [6.45, 7) is 12.1. The van der Waals surface area contributed by atoms with Crippen LogP contribution >= 0.6 is 0 Å². The number of alkyl halides is 3. The highest BCUT2D eigenvalue weighted by atomic mass is 19.4. The van der Waals surface area contributed by atoms with Gasteiger partial charge in [-0.15, -0.1) is 0 Å². The number of esters is 1. The van der Waals surface area contributed by atoms with Crippen molar-refractivity contribution in [2.75, 3.05) is 43.5 Å². The zero-order valence-corrected chi connectivity index (χ0v) is 43.6. The molecular weight excluding hydrogens is 1000 g/mol. The number of anilines is 2. The normalized spacial score (nSPS) is 18.9. The van der Waals surface area contributed by atoms with Gasteiger partial charge >= 0.3 is 18.2 Å². The number of aromatic nitrogens is 4. The summed E-state index contributed by atoms with van der Waals surface area (Å²) >= 11 is 0. The van der Waals surface area contributed by atoms with Gasteiger partial charge < -0.3 is 57.2 Å². The Morgan fingerprint density at radius 2 is 1.58 bits per heavy atom. The highest BCUT2D eigenvalue weighted by Crippen LogP contribution is 2.48. The van der Waals surface area contributed by atoms with Crippen molar-refractivity contribution in [2.24, 2.45) is 40.6 Å². The van der Waals surface area contributed by atoms with E-state index in [2.05, 4.69) is 46.5 Å². The molecule has 24 heteroatoms. The van der Waals surface area contributed by atoms with E-state index in [1.807, 2.05) is 13.8 Å². The van der Waals surface area contributed by atoms with Crippen molar-refractivity contribution in [1.82, 2.24) is 35.9 Å². The van der Waals surface area contributed by atoms with Crippen molar-refractivity contribution >= 4 is 52.3 Å². The number of nitrogens with two attached hydrogens (primary N) is 2. The van der Waals surface area contributed by atoms with Crippen molar-refractivity contribution in [3.05, 3.63) is 66.1 Å². The monoisotopic (exact) mass is 1070 g/mol. The SMILES string of the molecule is CC(C)[C@H](NC(=O)C(C)(C)CCOCCOC(C)(C)CCN)C(=O)N[C@@H](CCCNC(N)=O)C(=O)Nc1ccc(C(OC(=O)[C@H]2C3CCC(CC3)[C@@H]2Nc2nc(-c3c[nH]c4ncc(F)cc34)ncc2F)C(F)(F)F)cc1. The molecule has 416 valence electrons. The molecule has 1 unspecified atom stereocenters. The van der Waals surface area contributed by atoms with E-state index in [-0.39, 0.29) is 55.2 Å². The third-order valence-corrected chi connectivity index (χ3v) is 14.1. The summed E-state index contributed by atoms with van der Waals surface area (Å²) in [5.74, 6) is -6.97. The van der Waals surface area contributed by atoms with E-state index in [1.165, 1.54) is 24.4 Å². The third kappa shape index (κ3) is 15.5. The van der Waals surface area contributed by atoms with Gasteiger partial charge in [-0.2, -0.15) is 13.2 Å². The van der Waals surface area contributed by atoms with Crippen LogP contribution in [0, 0.1) is 40.7 Å². The van der Waals surface area contributed by atoms with Crippen LogP contribution in [0.3, 0.4) is 0 Å². The van der Waals surface area contributed by atoms with Crippen LogP contribution < -0.4 is 38.1 Å². The lowest BCUT2D eigenvalue weighted by Gasteiger charge is -2.47. The largest absolute Gasteiger partial charge is 0.447 e. The zero-order chi connectivity index (χ0) is 55.5. The number of nitrogens with zero attached hydrogens (tertiary/aromatic N) is 3. The predicted octanol–water partition coefficient (Wildman–Crippen LogP) is 6.95. The number of primary amides is 1. The summed E-state index contributed by atoms with van der Waals surface area (Å²) in [4.78, 5) is 82.1. The van der Waals surface area contributed by atoms with E-state index < -0.39 is 100 Å². The quantitative estimate of drug-likeness (QED) is 0.0180. The number of pyridine rings is 1. The molecular formula is C52H70F5N11O8. The number of rotatable bonds is 26. The van der Waals surface area contributed by atoms with Gasteiger partial charge in [-0.1, -0.05) is 39.8 Å². The minimum absolute atomic E-state index is 0.0115. The first-order valence-electron chi connectivity index (χ1n) is 25.5. The molecule has 0 radical (unpaired) electrons. The highest BCUT2D eigenvalue weighted by molar-refractivity contribution is 5.99. The van der Waals surface area contributed by atoms with Crippen molar-refractivity contribution in [3.8, 4) is 11.4 Å². The number of benzene rings is 1. The second kappa shape index (κ2) is 25.5. The molecule has 0 spiro atoms. The molecule has 3 heterocycles. The third-order valence-electron chi connectivity index (χ3n) is 14.1. The van der Waals surface area contributed by atoms with Crippen molar-refractivity contribution in [2.45, 2.75) is 129 Å². The fourth-order valence-corrected chi connectivity index (χ4v) is 9.66. The number of hydrogen-bond acceptors (Lipinski definition) is 13. The molecule has 7 rings (SSSR count). The van der Waals surface area contributed by atoms with E-state index in [0.717, 1.165) is 24.5 Å². The van der Waals surface area contributed by atoms with E-state index in [4.69, 9.17) is 25.7 Å². The van der Waals surface area contributed by atoms with Crippen molar-refractivity contribution < 1.29 is 60.1 Å². The second-order valence-electron chi connectivity index (χ2n) is 21.1. The molecule has 4 aromatic rings. The molecule has 0 saturated heterocycles. The van der Waals surface area contributed by atoms with Gasteiger partial charge in [0.05, 0.1) is 37.1 Å². The van der Waals surface area contributed by atoms with Gasteiger partial charge in [-0.05, 0) is 108 Å². The lowest BCUT2D eigenvalue weighted by Crippen LogP contribution is -2.56. The molecule has 10 N–H and O–H groups in total. The van der Waals surface area contributed by atoms with Crippen LogP contribution in [-0.4, -0.2) is 112 Å². The van der Waals surface area contributed by atoms with E-state index in [9.17, 15) is 41.5 Å². The van der Waals surface area contributed by atoms with Crippen LogP contribution in [0.1, 0.15) is 105 Å². The Bertz CT molecular complexity index is 2640. The number of fused-ring (bicyclic) bond motifs is 4. The molecule has 3 aliphatic carbocycles. The average molecular weight is 1070 g/mol. The Balaban J connectivity index is 1.11. The number of amides is 5. The van der Waals surface area contributed by atoms with Gasteiger partial charge in [0.15, 0.2) is 17.5 Å². The van der Waals surface area contributed by atoms with Crippen LogP contribution in [0.15, 0.2) is 48.9 Å². The van der Waals surface area contributed by atoms with Crippen LogP contribution in [0.5, 0.6) is 0 Å². The van der Waals surface area contributed by atoms with E-state index in [1.54, 1.807) is 27.7 Å². The maximum Gasteiger partial charge on any atom is 0.429 e. The maximum atomic E-state index is 15.4. The van der Waals surface area contributed by atoms with Gasteiger partial charge in [-0.3, -0.25) is 19.2 Å². The Hall–Kier alpha value is -6.53. The van der Waals surface area contributed by atoms with Crippen LogP contribution in [0.4, 0.5) is 38.3 Å². The van der Waals surface area contributed by atoms with Gasteiger partial charge in [0.1, 0.15) is 23.5 Å². The molecule has 5 atom stereocenters. The number of aromatic amines is 1. The Morgan fingerprint density at radius 1 is 0.882 bits per heavy atom. The molecule has 3 saturated carbocycles. The summed E-state index contributed by atoms with van der Waals surface area (Å²) in [5, 5.41) is 13.9. The summed E-state index contributed by atoms with van der Waals surface area (Å²) in [6.07, 6.45) is -0.936. The first kappa shape index (κ1) is 58.7. The molecule has 5 amide bonds. The highest BCUT2D eigenvalue weighted by Gasteiger charge is 2.51. The number of hydrogen-bond donors (Lipinski definition) is 8.